The summed E-state index contributed by atoms with van der Waals surface area (Å²) in [4.78, 5) is -0.278. The molecule has 0 rings (SSSR count). The van der Waals surface area contributed by atoms with Gasteiger partial charge in [-0.1, -0.05) is 0 Å². The summed E-state index contributed by atoms with van der Waals surface area (Å²) in [6.45, 7) is 0. The molecule has 0 spiro atoms. The van der Waals surface area contributed by atoms with E-state index in [2.05, 4.69) is 140 Å². The van der Waals surface area contributed by atoms with Gasteiger partial charge in [-0.05, 0) is 0 Å². The van der Waals surface area contributed by atoms with Gasteiger partial charge in [0, 0.05) is 18.6 Å². The molecule has 0 saturated heterocycles. The van der Waals surface area contributed by atoms with E-state index < -0.39 is 0.376 Å². The van der Waals surface area contributed by atoms with Gasteiger partial charge in [-0.25, -0.2) is 0 Å². The first-order valence-electron chi connectivity index (χ1n) is 1.73. The van der Waals surface area contributed by atoms with Crippen LogP contribution in [0, 0.1) is 0 Å². The van der Waals surface area contributed by atoms with E-state index in [-0.39, 0.29) is 140 Å². The third-order valence-electron chi connectivity index (χ3n) is 0. The van der Waals surface area contributed by atoms with Crippen LogP contribution in [0.1, 0.15) is 0 Å². The van der Waals surface area contributed by atoms with Crippen molar-refractivity contribution in [2.75, 3.05) is 0 Å². The zero-order chi connectivity index (χ0) is 14.1. The molecule has 25 heavy (non-hydrogen) atoms. The van der Waals surface area contributed by atoms with Crippen LogP contribution < -0.4 is 0 Å². The summed E-state index contributed by atoms with van der Waals surface area (Å²) in [6.07, 6.45) is 0. The molecular weight excluding hydrogens is 1610 g/mol. The van der Waals surface area contributed by atoms with Gasteiger partial charge in [0.05, 0.1) is 0 Å². The average Bonchev–Trinajstić information content (AvgIpc) is 2.10. The summed E-state index contributed by atoms with van der Waals surface area (Å²) in [7, 11) is 0. The topological polar surface area (TPSA) is 51.2 Å². The first-order valence-corrected chi connectivity index (χ1v) is 35.0. The van der Waals surface area contributed by atoms with E-state index in [1.165, 1.54) is 0 Å². The standard InChI is InChI=1S/BrH.8ClH.7HI.3O.6V/h16*1H;;;;;;;;;/q;;;;;;;;;;;;;;;;;;;;;;;+3;+4/p-7. The summed E-state index contributed by atoms with van der Waals surface area (Å²) >= 11 is 20.6. The van der Waals surface area contributed by atoms with Gasteiger partial charge >= 0.3 is 208 Å². The molecule has 0 saturated carbocycles. The number of hydrogen-bond donors (Lipinski definition) is 0. The fourth-order valence-electron chi connectivity index (χ4n) is 0. The van der Waals surface area contributed by atoms with Crippen LogP contribution in [0.2, 0.25) is 0 Å². The van der Waals surface area contributed by atoms with Gasteiger partial charge < -0.3 is 0 Å². The Balaban J connectivity index is -0.00000000364. The molecule has 0 aromatic rings. The molecule has 3 nitrogen and oxygen atoms in total. The molecule has 25 heteroatoms. The van der Waals surface area contributed by atoms with Crippen LogP contribution >= 0.6 is 256 Å². The molecular formula is H9BrCl8I7O3V6. The van der Waals surface area contributed by atoms with Gasteiger partial charge in [0.1, 0.15) is 0 Å². The van der Waals surface area contributed by atoms with Crippen LogP contribution in [0.5, 0.6) is 0 Å². The number of rotatable bonds is 0. The van der Waals surface area contributed by atoms with Crippen LogP contribution in [0.25, 0.3) is 0 Å². The number of halogens is 16. The molecule has 0 aromatic carbocycles. The van der Waals surface area contributed by atoms with Crippen molar-refractivity contribution in [3.05, 3.63) is 0 Å². The van der Waals surface area contributed by atoms with Gasteiger partial charge in [-0.3, -0.25) is 0 Å². The van der Waals surface area contributed by atoms with Gasteiger partial charge in [-0.2, -0.15) is 0 Å². The molecule has 169 valence electrons. The van der Waals surface area contributed by atoms with Crippen LogP contribution in [-0.4, -0.2) is 0 Å². The van der Waals surface area contributed by atoms with E-state index in [1.807, 2.05) is 0 Å². The zero-order valence-corrected chi connectivity index (χ0v) is 42.0. The summed E-state index contributed by atoms with van der Waals surface area (Å²) in [5, 5.41) is 0. The van der Waals surface area contributed by atoms with E-state index in [1.54, 1.807) is 0 Å². The third kappa shape index (κ3) is 320. The predicted molar refractivity (Wildman–Crippen MR) is 169 cm³/mol. The molecule has 0 N–H and O–H groups in total. The zero-order valence-electron chi connectivity index (χ0n) is 10.2. The van der Waals surface area contributed by atoms with Crippen molar-refractivity contribution < 1.29 is 87.0 Å². The van der Waals surface area contributed by atoms with Crippen molar-refractivity contribution in [3.63, 3.8) is 0 Å². The monoisotopic (exact) mass is 1610 g/mol. The summed E-state index contributed by atoms with van der Waals surface area (Å²) in [5.41, 5.74) is 0. The minimum atomic E-state index is -0.995. The smallest absolute Gasteiger partial charge is 0 e. The Bertz CT molecular complexity index is 113. The predicted octanol–water partition coefficient (Wildman–Crippen LogP) is 9.78. The molecule has 0 unspecified atom stereocenters. The van der Waals surface area contributed by atoms with Crippen LogP contribution in [0.3, 0.4) is 0 Å². The van der Waals surface area contributed by atoms with Crippen molar-refractivity contribution >= 4 is 256 Å². The summed E-state index contributed by atoms with van der Waals surface area (Å²) < 4.78 is 23.6. The van der Waals surface area contributed by atoms with Crippen molar-refractivity contribution in [2.24, 2.45) is 0 Å². The summed E-state index contributed by atoms with van der Waals surface area (Å²) in [5.74, 6) is 0. The van der Waals surface area contributed by atoms with Crippen molar-refractivity contribution in [3.8, 4) is 0 Å². The Labute approximate surface area is 333 Å². The van der Waals surface area contributed by atoms with E-state index >= 15 is 0 Å². The third-order valence-corrected chi connectivity index (χ3v) is 0. The Morgan fingerprint density at radius 2 is 0.520 bits per heavy atom. The first kappa shape index (κ1) is 100. The Morgan fingerprint density at radius 1 is 0.520 bits per heavy atom. The van der Waals surface area contributed by atoms with Gasteiger partial charge in [-0.15, -0.1) is 116 Å². The van der Waals surface area contributed by atoms with E-state index in [0.29, 0.717) is 0 Å². The maximum absolute atomic E-state index is 8.19. The fraction of sp³-hybridized carbons (Fsp3) is 0. The molecule has 0 amide bonds. The maximum Gasteiger partial charge on any atom is 0 e. The molecule has 0 fully saturated rings. The van der Waals surface area contributed by atoms with Gasteiger partial charge in [0.2, 0.25) is 0 Å². The van der Waals surface area contributed by atoms with Crippen molar-refractivity contribution in [2.45, 2.75) is 0 Å². The van der Waals surface area contributed by atoms with Gasteiger partial charge in [0.15, 0.2) is 0 Å². The quantitative estimate of drug-likeness (QED) is 0.227. The SMILES string of the molecule is Br.Cl.Cl.Cl.Cl.Cl.Cl.Cl.Cl.[I][V]([I])([I])[I].[I][V]([I])[I].[O]=[V].[O]=[V].[O]=[V].[V]. The van der Waals surface area contributed by atoms with Crippen LogP contribution in [0.15, 0.2) is 0 Å². The minimum Gasteiger partial charge on any atom is 0 e. The molecule has 0 heterocycles. The molecule has 0 aromatic heterocycles. The molecule has 0 aliphatic rings. The summed E-state index contributed by atoms with van der Waals surface area (Å²) in [6, 6.07) is 0. The van der Waals surface area contributed by atoms with Crippen LogP contribution in [-0.2, 0) is 87.0 Å². The second-order valence-corrected chi connectivity index (χ2v) is 107. The molecule has 0 atom stereocenters. The average molecular weight is 1610 g/mol. The Hall–Kier alpha value is 10.8. The van der Waals surface area contributed by atoms with Crippen molar-refractivity contribution in [1.82, 2.24) is 0 Å². The second kappa shape index (κ2) is 101. The van der Waals surface area contributed by atoms with E-state index in [9.17, 15) is 0 Å². The second-order valence-electron chi connectivity index (χ2n) is 0.575. The minimum absolute atomic E-state index is 0. The molecule has 0 bridgehead atoms. The molecule has 1 radical (unpaired) electrons. The Kier molecular flexibility index (Phi) is 406. The van der Waals surface area contributed by atoms with E-state index in [4.69, 9.17) is 11.0 Å². The van der Waals surface area contributed by atoms with E-state index in [0.717, 1.165) is 52.1 Å². The Morgan fingerprint density at radius 3 is 0.520 bits per heavy atom. The van der Waals surface area contributed by atoms with Crippen LogP contribution in [0.4, 0.5) is 0 Å². The maximum atomic E-state index is 8.19. The number of hydrogen-bond acceptors (Lipinski definition) is 3. The largest absolute Gasteiger partial charge is 0 e. The fourth-order valence-corrected chi connectivity index (χ4v) is 0. The van der Waals surface area contributed by atoms with Gasteiger partial charge in [0.25, 0.3) is 0 Å². The first-order chi connectivity index (χ1) is 6.73. The molecule has 0 aliphatic carbocycles. The molecule has 0 aliphatic heterocycles. The van der Waals surface area contributed by atoms with Crippen molar-refractivity contribution in [1.29, 1.82) is 0 Å². The normalized spacial score (nSPS) is 4.20.